The molecule has 0 spiro atoms. The van der Waals surface area contributed by atoms with Crippen LogP contribution in [0.1, 0.15) is 55.7 Å². The van der Waals surface area contributed by atoms with Gasteiger partial charge in [-0.25, -0.2) is 0 Å². The maximum absolute atomic E-state index is 13.2. The molecule has 2 amide bonds. The van der Waals surface area contributed by atoms with Crippen molar-refractivity contribution < 1.29 is 14.3 Å². The molecule has 5 heteroatoms. The zero-order chi connectivity index (χ0) is 22.9. The van der Waals surface area contributed by atoms with Crippen molar-refractivity contribution in [2.45, 2.75) is 71.4 Å². The van der Waals surface area contributed by atoms with Gasteiger partial charge in [0.1, 0.15) is 11.8 Å². The number of carbonyl (C=O) groups excluding carboxylic acids is 2. The fraction of sp³-hybridized carbons (Fsp3) is 0.481. The van der Waals surface area contributed by atoms with Crippen LogP contribution in [0.15, 0.2) is 48.5 Å². The molecule has 1 atom stereocenters. The number of rotatable bonds is 9. The van der Waals surface area contributed by atoms with Crippen LogP contribution in [0.2, 0.25) is 0 Å². The topological polar surface area (TPSA) is 58.6 Å². The molecule has 2 aromatic carbocycles. The summed E-state index contributed by atoms with van der Waals surface area (Å²) < 4.78 is 5.87. The number of aryl methyl sites for hydroxylation is 1. The minimum atomic E-state index is -0.546. The fourth-order valence-corrected chi connectivity index (χ4v) is 4.24. The van der Waals surface area contributed by atoms with E-state index in [0.717, 1.165) is 42.4 Å². The summed E-state index contributed by atoms with van der Waals surface area (Å²) in [6.07, 6.45) is 6.27. The Morgan fingerprint density at radius 2 is 1.75 bits per heavy atom. The van der Waals surface area contributed by atoms with E-state index in [1.807, 2.05) is 69.3 Å². The lowest BCUT2D eigenvalue weighted by Crippen LogP contribution is -2.52. The van der Waals surface area contributed by atoms with Crippen LogP contribution in [0.5, 0.6) is 5.75 Å². The highest BCUT2D eigenvalue weighted by atomic mass is 16.5. The first kappa shape index (κ1) is 23.8. The second kappa shape index (κ2) is 11.7. The summed E-state index contributed by atoms with van der Waals surface area (Å²) in [6.45, 7) is 6.22. The van der Waals surface area contributed by atoms with Crippen molar-refractivity contribution in [3.05, 3.63) is 65.2 Å². The third kappa shape index (κ3) is 6.59. The SMILES string of the molecule is Cc1cccc(OCC(=O)N(CCc2ccccc2)[C@@H](C)C(=O)NC2CCCCC2)c1C. The lowest BCUT2D eigenvalue weighted by molar-refractivity contribution is -0.141. The molecule has 3 rings (SSSR count). The number of benzene rings is 2. The number of amides is 2. The molecule has 0 unspecified atom stereocenters. The second-order valence-electron chi connectivity index (χ2n) is 8.83. The highest BCUT2D eigenvalue weighted by Crippen LogP contribution is 2.21. The number of carbonyl (C=O) groups is 2. The van der Waals surface area contributed by atoms with Crippen LogP contribution in [-0.4, -0.2) is 41.9 Å². The maximum Gasteiger partial charge on any atom is 0.261 e. The summed E-state index contributed by atoms with van der Waals surface area (Å²) >= 11 is 0. The molecule has 0 aromatic heterocycles. The third-order valence-electron chi connectivity index (χ3n) is 6.51. The molecular formula is C27H36N2O3. The Morgan fingerprint density at radius 1 is 1.03 bits per heavy atom. The average Bonchev–Trinajstić information content (AvgIpc) is 2.81. The van der Waals surface area contributed by atoms with Crippen LogP contribution < -0.4 is 10.1 Å². The van der Waals surface area contributed by atoms with Crippen LogP contribution in [0.3, 0.4) is 0 Å². The van der Waals surface area contributed by atoms with Gasteiger partial charge in [-0.2, -0.15) is 0 Å². The van der Waals surface area contributed by atoms with E-state index in [9.17, 15) is 9.59 Å². The van der Waals surface area contributed by atoms with Gasteiger partial charge < -0.3 is 15.0 Å². The van der Waals surface area contributed by atoms with Crippen molar-refractivity contribution in [3.8, 4) is 5.75 Å². The van der Waals surface area contributed by atoms with E-state index in [1.54, 1.807) is 4.90 Å². The van der Waals surface area contributed by atoms with Crippen molar-refractivity contribution in [2.75, 3.05) is 13.2 Å². The Morgan fingerprint density at radius 3 is 2.47 bits per heavy atom. The average molecular weight is 437 g/mol. The monoisotopic (exact) mass is 436 g/mol. The molecule has 0 aliphatic heterocycles. The summed E-state index contributed by atoms with van der Waals surface area (Å²) in [5.74, 6) is 0.457. The van der Waals surface area contributed by atoms with Gasteiger partial charge in [0, 0.05) is 12.6 Å². The first-order chi connectivity index (χ1) is 15.5. The molecule has 1 fully saturated rings. The van der Waals surface area contributed by atoms with Crippen LogP contribution in [0, 0.1) is 13.8 Å². The molecule has 0 heterocycles. The first-order valence-corrected chi connectivity index (χ1v) is 11.8. The zero-order valence-electron chi connectivity index (χ0n) is 19.6. The van der Waals surface area contributed by atoms with E-state index in [2.05, 4.69) is 5.32 Å². The standard InChI is InChI=1S/C27H36N2O3/c1-20-11-10-16-25(21(20)2)32-19-26(30)29(18-17-23-12-6-4-7-13-23)22(3)27(31)28-24-14-8-5-9-15-24/h4,6-7,10-13,16,22,24H,5,8-9,14-15,17-19H2,1-3H3,(H,28,31)/t22-/m0/s1. The normalized spacial score (nSPS) is 15.1. The van der Waals surface area contributed by atoms with E-state index in [4.69, 9.17) is 4.74 Å². The van der Waals surface area contributed by atoms with Gasteiger partial charge in [0.15, 0.2) is 6.61 Å². The van der Waals surface area contributed by atoms with Gasteiger partial charge in [0.2, 0.25) is 5.91 Å². The van der Waals surface area contributed by atoms with E-state index >= 15 is 0 Å². The summed E-state index contributed by atoms with van der Waals surface area (Å²) in [5, 5.41) is 3.17. The summed E-state index contributed by atoms with van der Waals surface area (Å²) in [5.41, 5.74) is 3.29. The Hall–Kier alpha value is -2.82. The summed E-state index contributed by atoms with van der Waals surface area (Å²) in [4.78, 5) is 27.9. The second-order valence-corrected chi connectivity index (χ2v) is 8.83. The molecular weight excluding hydrogens is 400 g/mol. The number of ether oxygens (including phenoxy) is 1. The van der Waals surface area contributed by atoms with E-state index in [1.165, 1.54) is 6.42 Å². The van der Waals surface area contributed by atoms with Gasteiger partial charge in [-0.1, -0.05) is 61.7 Å². The lowest BCUT2D eigenvalue weighted by atomic mass is 9.95. The first-order valence-electron chi connectivity index (χ1n) is 11.8. The Bertz CT molecular complexity index is 891. The molecule has 1 aliphatic rings. The van der Waals surface area contributed by atoms with Gasteiger partial charge in [-0.15, -0.1) is 0 Å². The van der Waals surface area contributed by atoms with Gasteiger partial charge in [0.05, 0.1) is 0 Å². The highest BCUT2D eigenvalue weighted by molar-refractivity contribution is 5.88. The summed E-state index contributed by atoms with van der Waals surface area (Å²) in [6, 6.07) is 15.5. The molecule has 0 radical (unpaired) electrons. The molecule has 2 aromatic rings. The van der Waals surface area contributed by atoms with Gasteiger partial charge >= 0.3 is 0 Å². The van der Waals surface area contributed by atoms with Crippen LogP contribution in [-0.2, 0) is 16.0 Å². The Balaban J connectivity index is 1.67. The van der Waals surface area contributed by atoms with Crippen molar-refractivity contribution >= 4 is 11.8 Å². The molecule has 32 heavy (non-hydrogen) atoms. The van der Waals surface area contributed by atoms with Crippen molar-refractivity contribution in [2.24, 2.45) is 0 Å². The number of hydrogen-bond acceptors (Lipinski definition) is 3. The molecule has 1 N–H and O–H groups in total. The minimum absolute atomic E-state index is 0.0787. The van der Waals surface area contributed by atoms with Gasteiger partial charge in [0.25, 0.3) is 5.91 Å². The molecule has 5 nitrogen and oxygen atoms in total. The lowest BCUT2D eigenvalue weighted by Gasteiger charge is -2.31. The quantitative estimate of drug-likeness (QED) is 0.625. The van der Waals surface area contributed by atoms with Crippen molar-refractivity contribution in [3.63, 3.8) is 0 Å². The highest BCUT2D eigenvalue weighted by Gasteiger charge is 2.28. The van der Waals surface area contributed by atoms with E-state index < -0.39 is 6.04 Å². The number of nitrogens with one attached hydrogen (secondary N) is 1. The van der Waals surface area contributed by atoms with Crippen LogP contribution >= 0.6 is 0 Å². The predicted molar refractivity (Wildman–Crippen MR) is 128 cm³/mol. The summed E-state index contributed by atoms with van der Waals surface area (Å²) in [7, 11) is 0. The molecule has 0 bridgehead atoms. The predicted octanol–water partition coefficient (Wildman–Crippen LogP) is 4.59. The van der Waals surface area contributed by atoms with Crippen molar-refractivity contribution in [1.82, 2.24) is 10.2 Å². The Labute approximate surface area is 192 Å². The van der Waals surface area contributed by atoms with Crippen LogP contribution in [0.25, 0.3) is 0 Å². The molecule has 1 saturated carbocycles. The maximum atomic E-state index is 13.2. The van der Waals surface area contributed by atoms with E-state index in [-0.39, 0.29) is 24.5 Å². The smallest absolute Gasteiger partial charge is 0.261 e. The molecule has 172 valence electrons. The molecule has 1 aliphatic carbocycles. The van der Waals surface area contributed by atoms with Crippen molar-refractivity contribution in [1.29, 1.82) is 0 Å². The largest absolute Gasteiger partial charge is 0.483 e. The fourth-order valence-electron chi connectivity index (χ4n) is 4.24. The minimum Gasteiger partial charge on any atom is -0.483 e. The number of nitrogens with zero attached hydrogens (tertiary/aromatic N) is 1. The third-order valence-corrected chi connectivity index (χ3v) is 6.51. The number of hydrogen-bond donors (Lipinski definition) is 1. The van der Waals surface area contributed by atoms with Crippen LogP contribution in [0.4, 0.5) is 0 Å². The molecule has 0 saturated heterocycles. The van der Waals surface area contributed by atoms with Gasteiger partial charge in [-0.3, -0.25) is 9.59 Å². The Kier molecular flexibility index (Phi) is 8.72. The zero-order valence-corrected chi connectivity index (χ0v) is 19.6. The van der Waals surface area contributed by atoms with Gasteiger partial charge in [-0.05, 0) is 62.8 Å². The van der Waals surface area contributed by atoms with E-state index in [0.29, 0.717) is 18.7 Å².